The fourth-order valence-electron chi connectivity index (χ4n) is 2.71. The molecule has 0 aromatic heterocycles. The Hall–Kier alpha value is -1.80. The molecule has 2 aromatic carbocycles. The van der Waals surface area contributed by atoms with E-state index in [0.29, 0.717) is 25.0 Å². The SMILES string of the molecule is CCNC(=NCC(C)c1ccc(C)cc1)NCC(O)c1ccc(OC)cc1.I. The van der Waals surface area contributed by atoms with Gasteiger partial charge in [0, 0.05) is 25.6 Å². The molecule has 0 aliphatic heterocycles. The van der Waals surface area contributed by atoms with Crippen LogP contribution in [0.25, 0.3) is 0 Å². The minimum absolute atomic E-state index is 0. The topological polar surface area (TPSA) is 65.9 Å². The first-order chi connectivity index (χ1) is 13.0. The number of guanidine groups is 1. The first-order valence-corrected chi connectivity index (χ1v) is 9.44. The van der Waals surface area contributed by atoms with Crippen LogP contribution < -0.4 is 15.4 Å². The number of hydrogen-bond donors (Lipinski definition) is 3. The molecule has 5 nitrogen and oxygen atoms in total. The van der Waals surface area contributed by atoms with Gasteiger partial charge in [0.1, 0.15) is 5.75 Å². The molecule has 28 heavy (non-hydrogen) atoms. The summed E-state index contributed by atoms with van der Waals surface area (Å²) in [6, 6.07) is 16.0. The Morgan fingerprint density at radius 2 is 1.64 bits per heavy atom. The molecule has 0 fully saturated rings. The van der Waals surface area contributed by atoms with E-state index in [-0.39, 0.29) is 24.0 Å². The van der Waals surface area contributed by atoms with Crippen molar-refractivity contribution in [1.82, 2.24) is 10.6 Å². The Bertz CT molecular complexity index is 718. The molecule has 0 aliphatic carbocycles. The second-order valence-corrected chi connectivity index (χ2v) is 6.70. The third kappa shape index (κ3) is 7.67. The number of nitrogens with zero attached hydrogens (tertiary/aromatic N) is 1. The molecular weight excluding hydrogens is 465 g/mol. The lowest BCUT2D eigenvalue weighted by atomic mass is 10.0. The number of halogens is 1. The van der Waals surface area contributed by atoms with Crippen molar-refractivity contribution >= 4 is 29.9 Å². The van der Waals surface area contributed by atoms with E-state index in [2.05, 4.69) is 53.7 Å². The maximum atomic E-state index is 10.4. The van der Waals surface area contributed by atoms with E-state index in [1.54, 1.807) is 7.11 Å². The van der Waals surface area contributed by atoms with E-state index in [4.69, 9.17) is 4.74 Å². The third-order valence-corrected chi connectivity index (χ3v) is 4.48. The van der Waals surface area contributed by atoms with Gasteiger partial charge in [0.05, 0.1) is 13.2 Å². The van der Waals surface area contributed by atoms with E-state index >= 15 is 0 Å². The number of hydrogen-bond acceptors (Lipinski definition) is 3. The molecule has 2 unspecified atom stereocenters. The molecule has 0 spiro atoms. The minimum atomic E-state index is -0.616. The summed E-state index contributed by atoms with van der Waals surface area (Å²) < 4.78 is 5.15. The second kappa shape index (κ2) is 12.6. The van der Waals surface area contributed by atoms with Crippen LogP contribution >= 0.6 is 24.0 Å². The Morgan fingerprint density at radius 1 is 1.04 bits per heavy atom. The van der Waals surface area contributed by atoms with Gasteiger partial charge in [0.15, 0.2) is 5.96 Å². The highest BCUT2D eigenvalue weighted by Crippen LogP contribution is 2.17. The van der Waals surface area contributed by atoms with Gasteiger partial charge in [-0.15, -0.1) is 24.0 Å². The summed E-state index contributed by atoms with van der Waals surface area (Å²) in [4.78, 5) is 4.67. The van der Waals surface area contributed by atoms with Crippen LogP contribution in [0.5, 0.6) is 5.75 Å². The number of ether oxygens (including phenoxy) is 1. The van der Waals surface area contributed by atoms with E-state index in [9.17, 15) is 5.11 Å². The van der Waals surface area contributed by atoms with Crippen LogP contribution in [0.4, 0.5) is 0 Å². The number of rotatable bonds is 8. The maximum absolute atomic E-state index is 10.4. The summed E-state index contributed by atoms with van der Waals surface area (Å²) >= 11 is 0. The van der Waals surface area contributed by atoms with Gasteiger partial charge in [0.2, 0.25) is 0 Å². The first kappa shape index (κ1) is 24.2. The molecule has 0 saturated heterocycles. The van der Waals surface area contributed by atoms with Crippen molar-refractivity contribution < 1.29 is 9.84 Å². The normalized spacial score (nSPS) is 13.2. The average molecular weight is 497 g/mol. The number of methoxy groups -OCH3 is 1. The summed E-state index contributed by atoms with van der Waals surface area (Å²) in [6.45, 7) is 8.12. The molecule has 0 bridgehead atoms. The number of aliphatic imine (C=N–C) groups is 1. The summed E-state index contributed by atoms with van der Waals surface area (Å²) in [5.74, 6) is 1.82. The Labute approximate surface area is 185 Å². The van der Waals surface area contributed by atoms with Crippen LogP contribution in [-0.4, -0.2) is 37.8 Å². The van der Waals surface area contributed by atoms with Gasteiger partial charge >= 0.3 is 0 Å². The Balaban J connectivity index is 0.00000392. The first-order valence-electron chi connectivity index (χ1n) is 9.44. The van der Waals surface area contributed by atoms with Gasteiger partial charge in [-0.25, -0.2) is 0 Å². The van der Waals surface area contributed by atoms with Gasteiger partial charge in [-0.2, -0.15) is 0 Å². The van der Waals surface area contributed by atoms with Crippen LogP contribution in [0.2, 0.25) is 0 Å². The van der Waals surface area contributed by atoms with Crippen molar-refractivity contribution in [2.75, 3.05) is 26.7 Å². The van der Waals surface area contributed by atoms with E-state index < -0.39 is 6.10 Å². The lowest BCUT2D eigenvalue weighted by Crippen LogP contribution is -2.39. The number of aryl methyl sites for hydroxylation is 1. The van der Waals surface area contributed by atoms with Crippen molar-refractivity contribution in [2.24, 2.45) is 4.99 Å². The lowest BCUT2D eigenvalue weighted by Gasteiger charge is -2.17. The van der Waals surface area contributed by atoms with Crippen molar-refractivity contribution in [3.8, 4) is 5.75 Å². The second-order valence-electron chi connectivity index (χ2n) is 6.70. The molecule has 2 atom stereocenters. The highest BCUT2D eigenvalue weighted by Gasteiger charge is 2.10. The smallest absolute Gasteiger partial charge is 0.191 e. The van der Waals surface area contributed by atoms with Crippen molar-refractivity contribution in [1.29, 1.82) is 0 Å². The standard InChI is InChI=1S/C22H31N3O2.HI/c1-5-23-22(24-14-17(3)18-8-6-16(2)7-9-18)25-15-21(26)19-10-12-20(27-4)13-11-19;/h6-13,17,21,26H,5,14-15H2,1-4H3,(H2,23,24,25);1H. The molecule has 0 saturated carbocycles. The number of benzene rings is 2. The van der Waals surface area contributed by atoms with Gasteiger partial charge in [-0.3, -0.25) is 4.99 Å². The van der Waals surface area contributed by atoms with Crippen LogP contribution in [0.1, 0.15) is 42.6 Å². The highest BCUT2D eigenvalue weighted by atomic mass is 127. The molecule has 2 rings (SSSR count). The minimum Gasteiger partial charge on any atom is -0.497 e. The van der Waals surface area contributed by atoms with Gasteiger partial charge < -0.3 is 20.5 Å². The molecule has 154 valence electrons. The lowest BCUT2D eigenvalue weighted by molar-refractivity contribution is 0.180. The van der Waals surface area contributed by atoms with E-state index in [0.717, 1.165) is 17.9 Å². The molecule has 0 amide bonds. The summed E-state index contributed by atoms with van der Waals surface area (Å²) in [5.41, 5.74) is 3.38. The van der Waals surface area contributed by atoms with Crippen molar-refractivity contribution in [3.05, 3.63) is 65.2 Å². The fraction of sp³-hybridized carbons (Fsp3) is 0.409. The zero-order valence-electron chi connectivity index (χ0n) is 17.1. The Morgan fingerprint density at radius 3 is 2.21 bits per heavy atom. The van der Waals surface area contributed by atoms with E-state index in [1.807, 2.05) is 31.2 Å². The summed E-state index contributed by atoms with van der Waals surface area (Å²) in [6.07, 6.45) is -0.616. The van der Waals surface area contributed by atoms with Crippen LogP contribution in [-0.2, 0) is 0 Å². The third-order valence-electron chi connectivity index (χ3n) is 4.48. The largest absolute Gasteiger partial charge is 0.497 e. The summed E-state index contributed by atoms with van der Waals surface area (Å²) in [7, 11) is 1.63. The summed E-state index contributed by atoms with van der Waals surface area (Å²) in [5, 5.41) is 16.8. The maximum Gasteiger partial charge on any atom is 0.191 e. The zero-order valence-corrected chi connectivity index (χ0v) is 19.4. The molecule has 0 heterocycles. The number of nitrogens with one attached hydrogen (secondary N) is 2. The molecule has 3 N–H and O–H groups in total. The highest BCUT2D eigenvalue weighted by molar-refractivity contribution is 14.0. The van der Waals surface area contributed by atoms with Gasteiger partial charge in [0.25, 0.3) is 0 Å². The quantitative estimate of drug-likeness (QED) is 0.293. The van der Waals surface area contributed by atoms with Gasteiger partial charge in [-0.1, -0.05) is 48.9 Å². The predicted octanol–water partition coefficient (Wildman–Crippen LogP) is 4.01. The number of aliphatic hydroxyl groups is 1. The van der Waals surface area contributed by atoms with Crippen LogP contribution in [0.3, 0.4) is 0 Å². The molecular formula is C22H32IN3O2. The predicted molar refractivity (Wildman–Crippen MR) is 127 cm³/mol. The molecule has 0 radical (unpaired) electrons. The van der Waals surface area contributed by atoms with E-state index in [1.165, 1.54) is 11.1 Å². The van der Waals surface area contributed by atoms with Crippen LogP contribution in [0, 0.1) is 6.92 Å². The van der Waals surface area contributed by atoms with Crippen molar-refractivity contribution in [2.45, 2.75) is 32.8 Å². The monoisotopic (exact) mass is 497 g/mol. The number of aliphatic hydroxyl groups excluding tert-OH is 1. The average Bonchev–Trinajstić information content (AvgIpc) is 2.70. The fourth-order valence-corrected chi connectivity index (χ4v) is 2.71. The molecule has 6 heteroatoms. The molecule has 0 aliphatic rings. The van der Waals surface area contributed by atoms with Gasteiger partial charge in [-0.05, 0) is 37.1 Å². The van der Waals surface area contributed by atoms with Crippen LogP contribution in [0.15, 0.2) is 53.5 Å². The molecule has 2 aromatic rings. The zero-order chi connectivity index (χ0) is 19.6. The Kier molecular flexibility index (Phi) is 10.9. The van der Waals surface area contributed by atoms with Crippen molar-refractivity contribution in [3.63, 3.8) is 0 Å².